The van der Waals surface area contributed by atoms with E-state index in [1.54, 1.807) is 0 Å². The maximum Gasteiger partial charge on any atom is 0.0807 e. The van der Waals surface area contributed by atoms with E-state index in [0.29, 0.717) is 24.7 Å². The van der Waals surface area contributed by atoms with Crippen LogP contribution in [0.1, 0.15) is 25.8 Å². The van der Waals surface area contributed by atoms with Crippen molar-refractivity contribution < 1.29 is 14.2 Å². The molecule has 4 nitrogen and oxygen atoms in total. The number of benzene rings is 1. The summed E-state index contributed by atoms with van der Waals surface area (Å²) < 4.78 is 18.0. The summed E-state index contributed by atoms with van der Waals surface area (Å²) in [5, 5.41) is 0. The molecule has 2 aliphatic rings. The van der Waals surface area contributed by atoms with Crippen LogP contribution >= 0.6 is 0 Å². The van der Waals surface area contributed by atoms with Gasteiger partial charge in [-0.2, -0.15) is 0 Å². The van der Waals surface area contributed by atoms with Gasteiger partial charge in [0, 0.05) is 19.0 Å². The first kappa shape index (κ1) is 16.9. The van der Waals surface area contributed by atoms with E-state index >= 15 is 0 Å². The minimum Gasteiger partial charge on any atom is -0.379 e. The molecule has 2 aliphatic heterocycles. The van der Waals surface area contributed by atoms with Crippen LogP contribution in [0.3, 0.4) is 0 Å². The molecule has 0 unspecified atom stereocenters. The van der Waals surface area contributed by atoms with Gasteiger partial charge in [-0.3, -0.25) is 4.90 Å². The molecule has 2 heterocycles. The summed E-state index contributed by atoms with van der Waals surface area (Å²) in [7, 11) is 0. The Balaban J connectivity index is 1.68. The van der Waals surface area contributed by atoms with Crippen LogP contribution in [-0.2, 0) is 20.8 Å². The molecule has 128 valence electrons. The summed E-state index contributed by atoms with van der Waals surface area (Å²) in [6, 6.07) is 10.8. The fourth-order valence-corrected chi connectivity index (χ4v) is 3.77. The molecule has 3 rings (SSSR count). The summed E-state index contributed by atoms with van der Waals surface area (Å²) in [6.07, 6.45) is 1.56. The third-order valence-electron chi connectivity index (χ3n) is 5.17. The van der Waals surface area contributed by atoms with E-state index in [4.69, 9.17) is 14.2 Å². The minimum atomic E-state index is 0.215. The number of nitrogens with zero attached hydrogens (tertiary/aromatic N) is 1. The van der Waals surface area contributed by atoms with Crippen molar-refractivity contribution >= 4 is 0 Å². The Hall–Kier alpha value is -0.940. The molecule has 0 aliphatic carbocycles. The van der Waals surface area contributed by atoms with Gasteiger partial charge in [0.1, 0.15) is 0 Å². The predicted octanol–water partition coefficient (Wildman–Crippen LogP) is 2.72. The molecule has 4 atom stereocenters. The second-order valence-corrected chi connectivity index (χ2v) is 6.62. The van der Waals surface area contributed by atoms with Crippen molar-refractivity contribution in [2.75, 3.05) is 32.9 Å². The van der Waals surface area contributed by atoms with Crippen LogP contribution in [0.4, 0.5) is 0 Å². The van der Waals surface area contributed by atoms with Crippen LogP contribution in [-0.4, -0.2) is 56.1 Å². The third-order valence-corrected chi connectivity index (χ3v) is 5.17. The lowest BCUT2D eigenvalue weighted by Gasteiger charge is -2.46. The normalized spacial score (nSPS) is 32.8. The second kappa shape index (κ2) is 8.25. The number of hydrogen-bond donors (Lipinski definition) is 0. The van der Waals surface area contributed by atoms with E-state index in [1.165, 1.54) is 5.56 Å². The van der Waals surface area contributed by atoms with Gasteiger partial charge >= 0.3 is 0 Å². The van der Waals surface area contributed by atoms with Crippen molar-refractivity contribution in [1.29, 1.82) is 0 Å². The Kier molecular flexibility index (Phi) is 6.06. The summed E-state index contributed by atoms with van der Waals surface area (Å²) in [6.45, 7) is 9.49. The molecule has 4 heteroatoms. The zero-order valence-corrected chi connectivity index (χ0v) is 14.3. The van der Waals surface area contributed by atoms with Crippen molar-refractivity contribution in [1.82, 2.24) is 4.90 Å². The van der Waals surface area contributed by atoms with Gasteiger partial charge in [-0.05, 0) is 12.0 Å². The Morgan fingerprint density at radius 3 is 2.61 bits per heavy atom. The molecule has 1 aromatic carbocycles. The van der Waals surface area contributed by atoms with Crippen LogP contribution in [0.25, 0.3) is 0 Å². The molecule has 0 bridgehead atoms. The highest BCUT2D eigenvalue weighted by Gasteiger charge is 2.40. The zero-order chi connectivity index (χ0) is 16.1. The summed E-state index contributed by atoms with van der Waals surface area (Å²) in [5.74, 6) is 0.408. The van der Waals surface area contributed by atoms with Gasteiger partial charge in [-0.25, -0.2) is 0 Å². The molecule has 2 saturated heterocycles. The quantitative estimate of drug-likeness (QED) is 0.835. The summed E-state index contributed by atoms with van der Waals surface area (Å²) in [5.41, 5.74) is 1.24. The molecule has 0 saturated carbocycles. The van der Waals surface area contributed by atoms with Crippen molar-refractivity contribution in [2.45, 2.75) is 45.1 Å². The molecule has 23 heavy (non-hydrogen) atoms. The van der Waals surface area contributed by atoms with Crippen LogP contribution in [0, 0.1) is 5.92 Å². The monoisotopic (exact) mass is 319 g/mol. The summed E-state index contributed by atoms with van der Waals surface area (Å²) >= 11 is 0. The number of rotatable bonds is 5. The van der Waals surface area contributed by atoms with Crippen molar-refractivity contribution in [3.63, 3.8) is 0 Å². The van der Waals surface area contributed by atoms with Crippen molar-refractivity contribution in [3.05, 3.63) is 35.9 Å². The number of ether oxygens (including phenoxy) is 3. The highest BCUT2D eigenvalue weighted by atomic mass is 16.5. The molecule has 2 fully saturated rings. The van der Waals surface area contributed by atoms with Crippen molar-refractivity contribution in [3.8, 4) is 0 Å². The van der Waals surface area contributed by atoms with E-state index < -0.39 is 0 Å². The Bertz CT molecular complexity index is 461. The van der Waals surface area contributed by atoms with Gasteiger partial charge in [-0.1, -0.05) is 44.2 Å². The van der Waals surface area contributed by atoms with E-state index in [9.17, 15) is 0 Å². The minimum absolute atomic E-state index is 0.215. The standard InChI is InChI=1S/C19H29NO3/c1-3-18-15(2)19(23-13-16-7-5-4-6-8-16)17(14-22-18)20-9-11-21-12-10-20/h4-8,15,17-19H,3,9-14H2,1-2H3/t15-,17+,18+,19-/m0/s1. The average molecular weight is 319 g/mol. The van der Waals surface area contributed by atoms with E-state index in [1.807, 2.05) is 6.07 Å². The molecule has 0 radical (unpaired) electrons. The van der Waals surface area contributed by atoms with Crippen LogP contribution in [0.15, 0.2) is 30.3 Å². The van der Waals surface area contributed by atoms with Gasteiger partial charge in [0.25, 0.3) is 0 Å². The van der Waals surface area contributed by atoms with E-state index in [-0.39, 0.29) is 6.10 Å². The first-order chi connectivity index (χ1) is 11.3. The maximum absolute atomic E-state index is 6.42. The highest BCUT2D eigenvalue weighted by molar-refractivity contribution is 5.13. The van der Waals surface area contributed by atoms with E-state index in [0.717, 1.165) is 39.3 Å². The van der Waals surface area contributed by atoms with E-state index in [2.05, 4.69) is 43.0 Å². The Morgan fingerprint density at radius 2 is 1.91 bits per heavy atom. The zero-order valence-electron chi connectivity index (χ0n) is 14.3. The van der Waals surface area contributed by atoms with Gasteiger partial charge in [0.15, 0.2) is 0 Å². The lowest BCUT2D eigenvalue weighted by atomic mass is 9.87. The molecule has 1 aromatic rings. The fraction of sp³-hybridized carbons (Fsp3) is 0.684. The lowest BCUT2D eigenvalue weighted by molar-refractivity contribution is -0.169. The molecule has 0 aromatic heterocycles. The SMILES string of the molecule is CC[C@H]1OC[C@@H](N2CCOCC2)[C@@H](OCc2ccccc2)[C@H]1C. The fourth-order valence-electron chi connectivity index (χ4n) is 3.77. The number of morpholine rings is 1. The van der Waals surface area contributed by atoms with Gasteiger partial charge < -0.3 is 14.2 Å². The maximum atomic E-state index is 6.42. The highest BCUT2D eigenvalue weighted by Crippen LogP contribution is 2.30. The molecule has 0 amide bonds. The summed E-state index contributed by atoms with van der Waals surface area (Å²) in [4.78, 5) is 2.49. The molecular weight excluding hydrogens is 290 g/mol. The topological polar surface area (TPSA) is 30.9 Å². The van der Waals surface area contributed by atoms with Gasteiger partial charge in [0.2, 0.25) is 0 Å². The average Bonchev–Trinajstić information content (AvgIpc) is 2.62. The lowest BCUT2D eigenvalue weighted by Crippen LogP contribution is -2.58. The smallest absolute Gasteiger partial charge is 0.0807 e. The van der Waals surface area contributed by atoms with Crippen LogP contribution in [0.2, 0.25) is 0 Å². The molecule has 0 N–H and O–H groups in total. The first-order valence-electron chi connectivity index (χ1n) is 8.88. The predicted molar refractivity (Wildman–Crippen MR) is 90.4 cm³/mol. The van der Waals surface area contributed by atoms with Crippen LogP contribution in [0.5, 0.6) is 0 Å². The Labute approximate surface area is 139 Å². The molecule has 0 spiro atoms. The Morgan fingerprint density at radius 1 is 1.17 bits per heavy atom. The van der Waals surface area contributed by atoms with Gasteiger partial charge in [-0.15, -0.1) is 0 Å². The van der Waals surface area contributed by atoms with Crippen LogP contribution < -0.4 is 0 Å². The third kappa shape index (κ3) is 4.13. The second-order valence-electron chi connectivity index (χ2n) is 6.62. The number of hydrogen-bond acceptors (Lipinski definition) is 4. The van der Waals surface area contributed by atoms with Gasteiger partial charge in [0.05, 0.1) is 44.7 Å². The first-order valence-corrected chi connectivity index (χ1v) is 8.88. The largest absolute Gasteiger partial charge is 0.379 e. The van der Waals surface area contributed by atoms with Crippen molar-refractivity contribution in [2.24, 2.45) is 5.92 Å². The molecular formula is C19H29NO3.